The van der Waals surface area contributed by atoms with Gasteiger partial charge in [0.25, 0.3) is 5.56 Å². The first kappa shape index (κ1) is 17.9. The van der Waals surface area contributed by atoms with Gasteiger partial charge in [0, 0.05) is 5.71 Å². The Kier molecular flexibility index (Phi) is 5.16. The SMILES string of the molecule is CCC(CC)=NNc1nc2ccccc2c(=O)n1-c1ccc(C)cc1C. The summed E-state index contributed by atoms with van der Waals surface area (Å²) in [4.78, 5) is 17.9. The number of fused-ring (bicyclic) bond motifs is 1. The van der Waals surface area contributed by atoms with Crippen molar-refractivity contribution >= 4 is 22.6 Å². The molecule has 0 fully saturated rings. The third-order valence-corrected chi connectivity index (χ3v) is 4.50. The quantitative estimate of drug-likeness (QED) is 0.542. The van der Waals surface area contributed by atoms with E-state index in [9.17, 15) is 4.79 Å². The average Bonchev–Trinajstić information content (AvgIpc) is 2.64. The largest absolute Gasteiger partial charge is 0.268 e. The van der Waals surface area contributed by atoms with E-state index in [1.54, 1.807) is 10.6 Å². The molecule has 0 saturated carbocycles. The minimum absolute atomic E-state index is 0.102. The van der Waals surface area contributed by atoms with Crippen LogP contribution >= 0.6 is 0 Å². The Labute approximate surface area is 153 Å². The summed E-state index contributed by atoms with van der Waals surface area (Å²) in [5.74, 6) is 0.431. The fourth-order valence-corrected chi connectivity index (χ4v) is 3.02. The highest BCUT2D eigenvalue weighted by atomic mass is 16.1. The van der Waals surface area contributed by atoms with Gasteiger partial charge in [0.15, 0.2) is 0 Å². The van der Waals surface area contributed by atoms with Crippen molar-refractivity contribution in [3.63, 3.8) is 0 Å². The lowest BCUT2D eigenvalue weighted by molar-refractivity contribution is 0.941. The molecule has 1 heterocycles. The van der Waals surface area contributed by atoms with Crippen LogP contribution in [0.2, 0.25) is 0 Å². The van der Waals surface area contributed by atoms with Gasteiger partial charge in [0.1, 0.15) is 0 Å². The van der Waals surface area contributed by atoms with Gasteiger partial charge in [0.05, 0.1) is 16.6 Å². The van der Waals surface area contributed by atoms with E-state index in [-0.39, 0.29) is 5.56 Å². The predicted molar refractivity (Wildman–Crippen MR) is 108 cm³/mol. The van der Waals surface area contributed by atoms with Crippen molar-refractivity contribution in [3.05, 3.63) is 63.9 Å². The highest BCUT2D eigenvalue weighted by Crippen LogP contribution is 2.20. The first-order valence-corrected chi connectivity index (χ1v) is 8.96. The molecule has 26 heavy (non-hydrogen) atoms. The van der Waals surface area contributed by atoms with E-state index < -0.39 is 0 Å². The summed E-state index contributed by atoms with van der Waals surface area (Å²) >= 11 is 0. The number of hydrogen-bond donors (Lipinski definition) is 1. The number of hydrazone groups is 1. The molecule has 0 aliphatic carbocycles. The predicted octanol–water partition coefficient (Wildman–Crippen LogP) is 4.59. The molecular weight excluding hydrogens is 324 g/mol. The summed E-state index contributed by atoms with van der Waals surface area (Å²) < 4.78 is 1.61. The number of anilines is 1. The van der Waals surface area contributed by atoms with Crippen LogP contribution in [-0.4, -0.2) is 15.3 Å². The number of hydrogen-bond acceptors (Lipinski definition) is 4. The molecule has 0 aliphatic rings. The van der Waals surface area contributed by atoms with Gasteiger partial charge in [-0.3, -0.25) is 4.79 Å². The summed E-state index contributed by atoms with van der Waals surface area (Å²) in [7, 11) is 0. The van der Waals surface area contributed by atoms with Crippen LogP contribution in [-0.2, 0) is 0 Å². The summed E-state index contributed by atoms with van der Waals surface area (Å²) in [6.45, 7) is 8.17. The Morgan fingerprint density at radius 3 is 2.54 bits per heavy atom. The highest BCUT2D eigenvalue weighted by Gasteiger charge is 2.14. The molecule has 0 radical (unpaired) electrons. The molecule has 0 unspecified atom stereocenters. The molecule has 3 aromatic rings. The van der Waals surface area contributed by atoms with E-state index in [1.165, 1.54) is 0 Å². The van der Waals surface area contributed by atoms with Crippen LogP contribution in [0.15, 0.2) is 52.4 Å². The molecular formula is C21H24N4O. The Morgan fingerprint density at radius 2 is 1.85 bits per heavy atom. The number of rotatable bonds is 5. The number of benzene rings is 2. The second-order valence-corrected chi connectivity index (χ2v) is 6.38. The third kappa shape index (κ3) is 3.38. The van der Waals surface area contributed by atoms with Gasteiger partial charge in [0.2, 0.25) is 5.95 Å². The van der Waals surface area contributed by atoms with E-state index in [1.807, 2.05) is 44.2 Å². The third-order valence-electron chi connectivity index (χ3n) is 4.50. The second-order valence-electron chi connectivity index (χ2n) is 6.38. The fraction of sp³-hybridized carbons (Fsp3) is 0.286. The minimum Gasteiger partial charge on any atom is -0.268 e. The van der Waals surface area contributed by atoms with Gasteiger partial charge < -0.3 is 0 Å². The van der Waals surface area contributed by atoms with Crippen molar-refractivity contribution in [3.8, 4) is 5.69 Å². The number of nitrogens with one attached hydrogen (secondary N) is 1. The first-order chi connectivity index (χ1) is 12.5. The van der Waals surface area contributed by atoms with Gasteiger partial charge >= 0.3 is 0 Å². The minimum atomic E-state index is -0.102. The van der Waals surface area contributed by atoms with Crippen LogP contribution in [0.4, 0.5) is 5.95 Å². The van der Waals surface area contributed by atoms with E-state index in [0.717, 1.165) is 35.4 Å². The van der Waals surface area contributed by atoms with Crippen LogP contribution in [0.3, 0.4) is 0 Å². The fourth-order valence-electron chi connectivity index (χ4n) is 3.02. The van der Waals surface area contributed by atoms with Gasteiger partial charge in [-0.2, -0.15) is 5.10 Å². The summed E-state index contributed by atoms with van der Waals surface area (Å²) in [5.41, 5.74) is 7.59. The lowest BCUT2D eigenvalue weighted by atomic mass is 10.1. The first-order valence-electron chi connectivity index (χ1n) is 8.96. The van der Waals surface area contributed by atoms with Crippen molar-refractivity contribution in [2.24, 2.45) is 5.10 Å². The number of para-hydroxylation sites is 1. The zero-order chi connectivity index (χ0) is 18.7. The van der Waals surface area contributed by atoms with Crippen LogP contribution in [0, 0.1) is 13.8 Å². The van der Waals surface area contributed by atoms with Crippen molar-refractivity contribution in [2.75, 3.05) is 5.43 Å². The normalized spacial score (nSPS) is 10.8. The standard InChI is InChI=1S/C21H24N4O/c1-5-16(6-2)23-24-21-22-18-10-8-7-9-17(18)20(26)25(21)19-12-11-14(3)13-15(19)4/h7-13H,5-6H2,1-4H3,(H,22,24). The van der Waals surface area contributed by atoms with E-state index in [2.05, 4.69) is 35.4 Å². The molecule has 0 spiro atoms. The molecule has 134 valence electrons. The molecule has 0 amide bonds. The maximum Gasteiger partial charge on any atom is 0.267 e. The lowest BCUT2D eigenvalue weighted by Gasteiger charge is -2.15. The maximum absolute atomic E-state index is 13.2. The topological polar surface area (TPSA) is 59.3 Å². The molecule has 0 aliphatic heterocycles. The number of nitrogens with zero attached hydrogens (tertiary/aromatic N) is 3. The maximum atomic E-state index is 13.2. The molecule has 1 aromatic heterocycles. The van der Waals surface area contributed by atoms with Gasteiger partial charge in [-0.05, 0) is 50.5 Å². The van der Waals surface area contributed by atoms with E-state index >= 15 is 0 Å². The van der Waals surface area contributed by atoms with Crippen molar-refractivity contribution < 1.29 is 0 Å². The molecule has 5 heteroatoms. The Balaban J connectivity index is 2.27. The molecule has 0 saturated heterocycles. The second kappa shape index (κ2) is 7.52. The van der Waals surface area contributed by atoms with E-state index in [0.29, 0.717) is 16.9 Å². The van der Waals surface area contributed by atoms with Crippen LogP contribution in [0.1, 0.15) is 37.8 Å². The smallest absolute Gasteiger partial charge is 0.267 e. The summed E-state index contributed by atoms with van der Waals surface area (Å²) in [6.07, 6.45) is 1.70. The Hall–Kier alpha value is -2.95. The zero-order valence-corrected chi connectivity index (χ0v) is 15.7. The Morgan fingerprint density at radius 1 is 1.12 bits per heavy atom. The van der Waals surface area contributed by atoms with Crippen molar-refractivity contribution in [2.45, 2.75) is 40.5 Å². The van der Waals surface area contributed by atoms with Gasteiger partial charge in [-0.25, -0.2) is 15.0 Å². The molecule has 5 nitrogen and oxygen atoms in total. The highest BCUT2D eigenvalue weighted by molar-refractivity contribution is 5.84. The van der Waals surface area contributed by atoms with Gasteiger partial charge in [-0.15, -0.1) is 0 Å². The monoisotopic (exact) mass is 348 g/mol. The van der Waals surface area contributed by atoms with Crippen LogP contribution < -0.4 is 11.0 Å². The summed E-state index contributed by atoms with van der Waals surface area (Å²) in [6, 6.07) is 13.4. The van der Waals surface area contributed by atoms with Gasteiger partial charge in [-0.1, -0.05) is 43.7 Å². The summed E-state index contributed by atoms with van der Waals surface area (Å²) in [5, 5.41) is 5.05. The number of aromatic nitrogens is 2. The molecule has 0 atom stereocenters. The molecule has 3 rings (SSSR count). The molecule has 0 bridgehead atoms. The average molecular weight is 348 g/mol. The van der Waals surface area contributed by atoms with Crippen LogP contribution in [0.25, 0.3) is 16.6 Å². The van der Waals surface area contributed by atoms with Crippen molar-refractivity contribution in [1.82, 2.24) is 9.55 Å². The zero-order valence-electron chi connectivity index (χ0n) is 15.7. The Bertz CT molecular complexity index is 1030. The van der Waals surface area contributed by atoms with Crippen LogP contribution in [0.5, 0.6) is 0 Å². The molecule has 1 N–H and O–H groups in total. The number of aryl methyl sites for hydroxylation is 2. The van der Waals surface area contributed by atoms with Crippen molar-refractivity contribution in [1.29, 1.82) is 0 Å². The van der Waals surface area contributed by atoms with E-state index in [4.69, 9.17) is 0 Å². The molecule has 2 aromatic carbocycles. The lowest BCUT2D eigenvalue weighted by Crippen LogP contribution is -2.23.